The molecule has 1 heterocycles. The molecule has 2 N–H and O–H groups in total. The Morgan fingerprint density at radius 2 is 1.86 bits per heavy atom. The number of benzene rings is 2. The van der Waals surface area contributed by atoms with Crippen molar-refractivity contribution in [2.45, 2.75) is 6.61 Å². The second kappa shape index (κ2) is 9.17. The molecule has 0 radical (unpaired) electrons. The fraction of sp³-hybridized carbons (Fsp3) is 0.0526. The number of carbonyl (C=O) groups excluding carboxylic acids is 1. The molecule has 0 spiro atoms. The van der Waals surface area contributed by atoms with Crippen LogP contribution < -0.4 is 10.5 Å². The van der Waals surface area contributed by atoms with Crippen LogP contribution >= 0.6 is 34.8 Å². The molecule has 0 aliphatic rings. The normalized spacial score (nSPS) is 11.4. The van der Waals surface area contributed by atoms with Gasteiger partial charge in [-0.15, -0.1) is 0 Å². The standard InChI is InChI=1S/C19H12Cl3FN2O4/c20-10-1-4-13(14(21)7-10)18(24)25-29-19(26)17-6-3-12(28-17)9-27-16-5-2-11(23)8-15(16)22/h1-8H,9H2,(H2,24,25). The third kappa shape index (κ3) is 5.41. The quantitative estimate of drug-likeness (QED) is 0.231. The van der Waals surface area contributed by atoms with Crippen molar-refractivity contribution in [3.05, 3.63) is 86.5 Å². The SMILES string of the molecule is N/C(=N\OC(=O)c1ccc(COc2ccc(F)cc2Cl)o1)c1ccc(Cl)cc1Cl. The Hall–Kier alpha value is -2.74. The molecule has 150 valence electrons. The molecule has 6 nitrogen and oxygen atoms in total. The average molecular weight is 458 g/mol. The number of nitrogens with zero attached hydrogens (tertiary/aromatic N) is 1. The highest BCUT2D eigenvalue weighted by molar-refractivity contribution is 6.36. The zero-order valence-corrected chi connectivity index (χ0v) is 16.8. The van der Waals surface area contributed by atoms with Crippen LogP contribution in [-0.2, 0) is 11.4 Å². The number of furan rings is 1. The van der Waals surface area contributed by atoms with Crippen LogP contribution in [-0.4, -0.2) is 11.8 Å². The van der Waals surface area contributed by atoms with Crippen LogP contribution in [0.15, 0.2) is 58.1 Å². The highest BCUT2D eigenvalue weighted by atomic mass is 35.5. The summed E-state index contributed by atoms with van der Waals surface area (Å²) in [5, 5.41) is 4.35. The van der Waals surface area contributed by atoms with E-state index in [2.05, 4.69) is 5.16 Å². The van der Waals surface area contributed by atoms with E-state index in [1.165, 1.54) is 30.3 Å². The Morgan fingerprint density at radius 3 is 2.59 bits per heavy atom. The third-order valence-electron chi connectivity index (χ3n) is 3.56. The predicted molar refractivity (Wildman–Crippen MR) is 107 cm³/mol. The lowest BCUT2D eigenvalue weighted by Gasteiger charge is -2.06. The van der Waals surface area contributed by atoms with Gasteiger partial charge in [0.05, 0.1) is 10.0 Å². The minimum atomic E-state index is -0.871. The van der Waals surface area contributed by atoms with Gasteiger partial charge in [0.1, 0.15) is 23.9 Å². The Bertz CT molecular complexity index is 1090. The number of carbonyl (C=O) groups is 1. The minimum Gasteiger partial charge on any atom is -0.484 e. The van der Waals surface area contributed by atoms with E-state index in [0.29, 0.717) is 16.3 Å². The van der Waals surface area contributed by atoms with Crippen molar-refractivity contribution >= 4 is 46.6 Å². The van der Waals surface area contributed by atoms with Gasteiger partial charge in [-0.1, -0.05) is 40.0 Å². The van der Waals surface area contributed by atoms with Gasteiger partial charge in [0.25, 0.3) is 0 Å². The summed E-state index contributed by atoms with van der Waals surface area (Å²) in [4.78, 5) is 16.8. The maximum Gasteiger partial charge on any atom is 0.400 e. The van der Waals surface area contributed by atoms with E-state index in [1.54, 1.807) is 12.1 Å². The van der Waals surface area contributed by atoms with Crippen LogP contribution in [0, 0.1) is 5.82 Å². The van der Waals surface area contributed by atoms with E-state index in [4.69, 9.17) is 54.5 Å². The molecule has 1 aromatic heterocycles. The predicted octanol–water partition coefficient (Wildman–Crippen LogP) is 5.44. The smallest absolute Gasteiger partial charge is 0.400 e. The average Bonchev–Trinajstić information content (AvgIpc) is 3.14. The van der Waals surface area contributed by atoms with Gasteiger partial charge in [0, 0.05) is 10.6 Å². The van der Waals surface area contributed by atoms with Crippen molar-refractivity contribution in [3.8, 4) is 5.75 Å². The molecule has 0 amide bonds. The van der Waals surface area contributed by atoms with Crippen molar-refractivity contribution in [2.24, 2.45) is 10.9 Å². The first kappa shape index (κ1) is 21.0. The second-order valence-corrected chi connectivity index (χ2v) is 6.86. The number of amidine groups is 1. The lowest BCUT2D eigenvalue weighted by molar-refractivity contribution is 0.0475. The maximum atomic E-state index is 13.0. The van der Waals surface area contributed by atoms with Gasteiger partial charge in [0.2, 0.25) is 5.76 Å². The Balaban J connectivity index is 1.61. The van der Waals surface area contributed by atoms with Crippen molar-refractivity contribution in [2.75, 3.05) is 0 Å². The number of hydrogen-bond acceptors (Lipinski definition) is 5. The molecule has 0 unspecified atom stereocenters. The van der Waals surface area contributed by atoms with Crippen LogP contribution in [0.3, 0.4) is 0 Å². The Morgan fingerprint density at radius 1 is 1.07 bits per heavy atom. The van der Waals surface area contributed by atoms with E-state index in [-0.39, 0.29) is 34.0 Å². The summed E-state index contributed by atoms with van der Waals surface area (Å²) in [6, 6.07) is 11.2. The first-order valence-electron chi connectivity index (χ1n) is 8.00. The summed E-state index contributed by atoms with van der Waals surface area (Å²) in [5.41, 5.74) is 6.12. The molecule has 0 fully saturated rings. The van der Waals surface area contributed by atoms with Crippen molar-refractivity contribution in [3.63, 3.8) is 0 Å². The van der Waals surface area contributed by atoms with Gasteiger partial charge in [-0.2, -0.15) is 0 Å². The van der Waals surface area contributed by atoms with Crippen molar-refractivity contribution in [1.29, 1.82) is 0 Å². The van der Waals surface area contributed by atoms with Crippen molar-refractivity contribution < 1.29 is 23.2 Å². The zero-order chi connectivity index (χ0) is 21.0. The lowest BCUT2D eigenvalue weighted by Crippen LogP contribution is -2.15. The number of oxime groups is 1. The fourth-order valence-electron chi connectivity index (χ4n) is 2.19. The van der Waals surface area contributed by atoms with Crippen LogP contribution in [0.2, 0.25) is 15.1 Å². The van der Waals surface area contributed by atoms with Gasteiger partial charge in [0.15, 0.2) is 5.84 Å². The van der Waals surface area contributed by atoms with E-state index in [9.17, 15) is 9.18 Å². The van der Waals surface area contributed by atoms with Gasteiger partial charge in [-0.25, -0.2) is 9.18 Å². The van der Waals surface area contributed by atoms with E-state index in [0.717, 1.165) is 6.07 Å². The topological polar surface area (TPSA) is 87.1 Å². The van der Waals surface area contributed by atoms with Crippen molar-refractivity contribution in [1.82, 2.24) is 0 Å². The highest BCUT2D eigenvalue weighted by Crippen LogP contribution is 2.26. The Labute approximate surface area is 179 Å². The number of halogens is 4. The third-order valence-corrected chi connectivity index (χ3v) is 4.40. The van der Waals surface area contributed by atoms with E-state index >= 15 is 0 Å². The van der Waals surface area contributed by atoms with Crippen LogP contribution in [0.4, 0.5) is 4.39 Å². The van der Waals surface area contributed by atoms with E-state index in [1.807, 2.05) is 0 Å². The molecule has 0 aliphatic heterocycles. The fourth-order valence-corrected chi connectivity index (χ4v) is 2.92. The minimum absolute atomic E-state index is 0.0373. The summed E-state index contributed by atoms with van der Waals surface area (Å²) in [6.45, 7) is -0.0373. The lowest BCUT2D eigenvalue weighted by atomic mass is 10.2. The van der Waals surface area contributed by atoms with Crippen LogP contribution in [0.5, 0.6) is 5.75 Å². The molecule has 3 rings (SSSR count). The summed E-state index contributed by atoms with van der Waals surface area (Å²) in [6.07, 6.45) is 0. The number of ether oxygens (including phenoxy) is 1. The largest absolute Gasteiger partial charge is 0.484 e. The highest BCUT2D eigenvalue weighted by Gasteiger charge is 2.15. The number of nitrogens with two attached hydrogens (primary N) is 1. The molecule has 0 saturated heterocycles. The van der Waals surface area contributed by atoms with Gasteiger partial charge in [-0.05, 0) is 48.5 Å². The summed E-state index contributed by atoms with van der Waals surface area (Å²) in [7, 11) is 0. The molecule has 0 saturated carbocycles. The molecule has 0 bridgehead atoms. The monoisotopic (exact) mass is 456 g/mol. The van der Waals surface area contributed by atoms with Gasteiger partial charge in [-0.3, -0.25) is 0 Å². The second-order valence-electron chi connectivity index (χ2n) is 5.61. The molecule has 2 aromatic carbocycles. The molecular weight excluding hydrogens is 446 g/mol. The van der Waals surface area contributed by atoms with Crippen LogP contribution in [0.25, 0.3) is 0 Å². The van der Waals surface area contributed by atoms with Gasteiger partial charge >= 0.3 is 5.97 Å². The maximum absolute atomic E-state index is 13.0. The van der Waals surface area contributed by atoms with Gasteiger partial charge < -0.3 is 19.7 Å². The molecule has 29 heavy (non-hydrogen) atoms. The molecule has 10 heteroatoms. The summed E-state index contributed by atoms with van der Waals surface area (Å²) >= 11 is 17.7. The van der Waals surface area contributed by atoms with Crippen LogP contribution in [0.1, 0.15) is 21.9 Å². The number of hydrogen-bond donors (Lipinski definition) is 1. The molecular formula is C19H12Cl3FN2O4. The zero-order valence-electron chi connectivity index (χ0n) is 14.5. The summed E-state index contributed by atoms with van der Waals surface area (Å²) in [5.74, 6) is -0.997. The molecule has 3 aromatic rings. The number of rotatable bonds is 6. The van der Waals surface area contributed by atoms with E-state index < -0.39 is 11.8 Å². The summed E-state index contributed by atoms with van der Waals surface area (Å²) < 4.78 is 23.8. The first-order valence-corrected chi connectivity index (χ1v) is 9.13. The first-order chi connectivity index (χ1) is 13.8. The molecule has 0 atom stereocenters. The Kier molecular flexibility index (Phi) is 6.64. The molecule has 0 aliphatic carbocycles.